The minimum atomic E-state index is -0.924. The van der Waals surface area contributed by atoms with E-state index in [4.69, 9.17) is 14.5 Å². The summed E-state index contributed by atoms with van der Waals surface area (Å²) in [6.07, 6.45) is 1.70. The zero-order valence-corrected chi connectivity index (χ0v) is 35.7. The third-order valence-corrected chi connectivity index (χ3v) is 11.5. The fourth-order valence-corrected chi connectivity index (χ4v) is 7.92. The van der Waals surface area contributed by atoms with Gasteiger partial charge in [-0.25, -0.2) is 9.97 Å². The van der Waals surface area contributed by atoms with Gasteiger partial charge in [0.2, 0.25) is 17.7 Å². The molecule has 0 bridgehead atoms. The number of nitrogens with zero attached hydrogens (tertiary/aromatic N) is 4. The van der Waals surface area contributed by atoms with Gasteiger partial charge < -0.3 is 35.0 Å². The maximum Gasteiger partial charge on any atom is 0.246 e. The van der Waals surface area contributed by atoms with E-state index in [2.05, 4.69) is 50.8 Å². The van der Waals surface area contributed by atoms with E-state index in [1.165, 1.54) is 4.90 Å². The van der Waals surface area contributed by atoms with Crippen molar-refractivity contribution in [3.63, 3.8) is 0 Å². The summed E-state index contributed by atoms with van der Waals surface area (Å²) in [6.45, 7) is 8.57. The van der Waals surface area contributed by atoms with Crippen LogP contribution in [0.4, 0.5) is 5.69 Å². The second-order valence-corrected chi connectivity index (χ2v) is 17.3. The van der Waals surface area contributed by atoms with Gasteiger partial charge in [-0.3, -0.25) is 14.4 Å². The SMILES string of the molecule is Cc1ncsc1-c1ccc(CNC(=O)[C@@H]2C[C@@H](O)CN2C(=O)C(NC(=O)COCCCCCOc2ccc3nc(-c4ccc(N(C)C)cc4)ccc3c2)C(C)(C)C)cc1. The number of hydrogen-bond donors (Lipinski definition) is 3. The Balaban J connectivity index is 0.905. The van der Waals surface area contributed by atoms with Crippen LogP contribution in [0.15, 0.2) is 84.4 Å². The molecule has 1 fully saturated rings. The third-order valence-electron chi connectivity index (χ3n) is 10.5. The van der Waals surface area contributed by atoms with Gasteiger partial charge in [0.25, 0.3) is 0 Å². The van der Waals surface area contributed by atoms with E-state index in [0.29, 0.717) is 13.2 Å². The Morgan fingerprint density at radius 2 is 1.68 bits per heavy atom. The first-order valence-corrected chi connectivity index (χ1v) is 21.1. The average Bonchev–Trinajstić information content (AvgIpc) is 3.84. The summed E-state index contributed by atoms with van der Waals surface area (Å²) in [7, 11) is 4.05. The van der Waals surface area contributed by atoms with Crippen molar-refractivity contribution >= 4 is 45.6 Å². The number of β-amino-alcohol motifs (C(OH)–C–C–N with tert-alkyl or cyclic N) is 1. The Labute approximate surface area is 351 Å². The number of aliphatic hydroxyl groups excluding tert-OH is 1. The monoisotopic (exact) mass is 820 g/mol. The van der Waals surface area contributed by atoms with Crippen molar-refractivity contribution in [2.45, 2.75) is 78.1 Å². The normalized spacial score (nSPS) is 15.9. The third kappa shape index (κ3) is 11.4. The van der Waals surface area contributed by atoms with Crippen molar-refractivity contribution < 1.29 is 29.0 Å². The quantitative estimate of drug-likeness (QED) is 0.0866. The van der Waals surface area contributed by atoms with E-state index < -0.39 is 35.4 Å². The van der Waals surface area contributed by atoms with Crippen molar-refractivity contribution in [2.24, 2.45) is 5.41 Å². The summed E-state index contributed by atoms with van der Waals surface area (Å²) >= 11 is 1.58. The fourth-order valence-electron chi connectivity index (χ4n) is 7.11. The van der Waals surface area contributed by atoms with Gasteiger partial charge in [0.05, 0.1) is 40.0 Å². The van der Waals surface area contributed by atoms with Crippen LogP contribution in [0.1, 0.15) is 57.7 Å². The summed E-state index contributed by atoms with van der Waals surface area (Å²) in [5.74, 6) is -0.390. The highest BCUT2D eigenvalue weighted by molar-refractivity contribution is 7.13. The number of nitrogens with one attached hydrogen (secondary N) is 2. The Morgan fingerprint density at radius 3 is 2.37 bits per heavy atom. The molecule has 312 valence electrons. The maximum atomic E-state index is 13.9. The van der Waals surface area contributed by atoms with Gasteiger partial charge in [-0.1, -0.05) is 63.2 Å². The first-order valence-electron chi connectivity index (χ1n) is 20.2. The first-order chi connectivity index (χ1) is 28.3. The number of anilines is 1. The molecule has 0 saturated carbocycles. The van der Waals surface area contributed by atoms with Gasteiger partial charge in [-0.15, -0.1) is 11.3 Å². The number of ether oxygens (including phenoxy) is 2. The Bertz CT molecular complexity index is 2200. The molecule has 13 heteroatoms. The molecule has 3 amide bonds. The summed E-state index contributed by atoms with van der Waals surface area (Å²) < 4.78 is 11.7. The lowest BCUT2D eigenvalue weighted by molar-refractivity contribution is -0.144. The molecule has 2 aromatic heterocycles. The van der Waals surface area contributed by atoms with E-state index in [1.54, 1.807) is 11.3 Å². The number of benzene rings is 3. The molecule has 12 nitrogen and oxygen atoms in total. The Morgan fingerprint density at radius 1 is 0.949 bits per heavy atom. The lowest BCUT2D eigenvalue weighted by Gasteiger charge is -2.35. The standard InChI is InChI=1S/C46H56N6O6S/c1-30-42(59-29-48-30)33-12-10-31(11-13-33)26-47-44(55)40-25-36(53)27-52(40)45(56)43(46(2,3)4)50-41(54)28-57-22-8-7-9-23-58-37-19-21-39-34(24-37)16-20-38(49-39)32-14-17-35(18-15-32)51(5)6/h10-21,24,29,36,40,43,53H,7-9,22-23,25-28H2,1-6H3,(H,47,55)(H,50,54)/t36-,40+,43?/m1/s1. The fraction of sp³-hybridized carbons (Fsp3) is 0.413. The second-order valence-electron chi connectivity index (χ2n) is 16.4. The number of fused-ring (bicyclic) bond motifs is 1. The number of carbonyl (C=O) groups is 3. The van der Waals surface area contributed by atoms with E-state index in [9.17, 15) is 19.5 Å². The van der Waals surface area contributed by atoms with Crippen LogP contribution in [0.2, 0.25) is 0 Å². The van der Waals surface area contributed by atoms with E-state index in [1.807, 2.05) is 95.8 Å². The molecule has 1 aliphatic rings. The average molecular weight is 821 g/mol. The first kappa shape index (κ1) is 43.2. The summed E-state index contributed by atoms with van der Waals surface area (Å²) in [5, 5.41) is 17.3. The molecule has 0 spiro atoms. The maximum absolute atomic E-state index is 13.9. The van der Waals surface area contributed by atoms with Gasteiger partial charge in [0.15, 0.2) is 0 Å². The van der Waals surface area contributed by atoms with Crippen molar-refractivity contribution in [1.82, 2.24) is 25.5 Å². The van der Waals surface area contributed by atoms with Gasteiger partial charge in [-0.05, 0) is 79.1 Å². The van der Waals surface area contributed by atoms with Crippen LogP contribution >= 0.6 is 11.3 Å². The van der Waals surface area contributed by atoms with Crippen molar-refractivity contribution in [1.29, 1.82) is 0 Å². The molecular weight excluding hydrogens is 765 g/mol. The van der Waals surface area contributed by atoms with Gasteiger partial charge >= 0.3 is 0 Å². The number of pyridine rings is 1. The zero-order valence-electron chi connectivity index (χ0n) is 34.9. The van der Waals surface area contributed by atoms with Crippen molar-refractivity contribution in [3.05, 3.63) is 95.6 Å². The van der Waals surface area contributed by atoms with Gasteiger partial charge in [0.1, 0.15) is 24.4 Å². The number of unbranched alkanes of at least 4 members (excludes halogenated alkanes) is 2. The van der Waals surface area contributed by atoms with Crippen LogP contribution < -0.4 is 20.3 Å². The molecule has 6 rings (SSSR count). The molecule has 3 N–H and O–H groups in total. The van der Waals surface area contributed by atoms with Crippen LogP contribution in [0.25, 0.3) is 32.6 Å². The molecule has 59 heavy (non-hydrogen) atoms. The van der Waals surface area contributed by atoms with Crippen LogP contribution in [-0.4, -0.2) is 96.3 Å². The highest BCUT2D eigenvalue weighted by Crippen LogP contribution is 2.29. The second kappa shape index (κ2) is 19.6. The molecule has 3 heterocycles. The molecule has 0 radical (unpaired) electrons. The van der Waals surface area contributed by atoms with E-state index in [-0.39, 0.29) is 32.0 Å². The Hall–Kier alpha value is -5.37. The van der Waals surface area contributed by atoms with Crippen molar-refractivity contribution in [3.8, 4) is 27.4 Å². The minimum Gasteiger partial charge on any atom is -0.494 e. The highest BCUT2D eigenvalue weighted by atomic mass is 32.1. The molecule has 5 aromatic rings. The number of carbonyl (C=O) groups excluding carboxylic acids is 3. The number of hydrogen-bond acceptors (Lipinski definition) is 10. The lowest BCUT2D eigenvalue weighted by Crippen LogP contribution is -2.58. The highest BCUT2D eigenvalue weighted by Gasteiger charge is 2.44. The number of aryl methyl sites for hydroxylation is 1. The number of thiazole rings is 1. The zero-order chi connectivity index (χ0) is 42.1. The summed E-state index contributed by atoms with van der Waals surface area (Å²) in [6, 6.07) is 24.5. The predicted molar refractivity (Wildman–Crippen MR) is 233 cm³/mol. The molecule has 3 aromatic carbocycles. The van der Waals surface area contributed by atoms with E-state index in [0.717, 1.165) is 74.6 Å². The largest absolute Gasteiger partial charge is 0.494 e. The van der Waals surface area contributed by atoms with Crippen LogP contribution in [-0.2, 0) is 25.7 Å². The lowest BCUT2D eigenvalue weighted by atomic mass is 9.85. The minimum absolute atomic E-state index is 0.00837. The molecular formula is C46H56N6O6S. The molecule has 1 saturated heterocycles. The molecule has 1 aliphatic heterocycles. The van der Waals surface area contributed by atoms with E-state index >= 15 is 0 Å². The van der Waals surface area contributed by atoms with Crippen LogP contribution in [0.5, 0.6) is 5.75 Å². The molecule has 0 aliphatic carbocycles. The van der Waals surface area contributed by atoms with Crippen LogP contribution in [0, 0.1) is 12.3 Å². The number of aromatic nitrogens is 2. The molecule has 3 atom stereocenters. The smallest absolute Gasteiger partial charge is 0.246 e. The summed E-state index contributed by atoms with van der Waals surface area (Å²) in [5.41, 5.74) is 8.14. The Kier molecular flexibility index (Phi) is 14.3. The number of aliphatic hydroxyl groups is 1. The van der Waals surface area contributed by atoms with Crippen LogP contribution in [0.3, 0.4) is 0 Å². The number of rotatable bonds is 17. The topological polar surface area (TPSA) is 146 Å². The summed E-state index contributed by atoms with van der Waals surface area (Å²) in [4.78, 5) is 54.1. The van der Waals surface area contributed by atoms with Crippen molar-refractivity contribution in [2.75, 3.05) is 45.4 Å². The van der Waals surface area contributed by atoms with Gasteiger partial charge in [0, 0.05) is 56.8 Å². The number of likely N-dealkylation sites (tertiary alicyclic amines) is 1. The molecule has 1 unspecified atom stereocenters. The number of amides is 3. The van der Waals surface area contributed by atoms with Gasteiger partial charge in [-0.2, -0.15) is 0 Å². The predicted octanol–water partition coefficient (Wildman–Crippen LogP) is 6.77.